The van der Waals surface area contributed by atoms with Crippen molar-refractivity contribution in [3.05, 3.63) is 15.6 Å². The van der Waals surface area contributed by atoms with Crippen molar-refractivity contribution in [2.75, 3.05) is 7.11 Å². The maximum Gasteiger partial charge on any atom is 0.349 e. The summed E-state index contributed by atoms with van der Waals surface area (Å²) < 4.78 is 4.71. The molecule has 1 rings (SSSR count). The number of alkyl halides is 1. The summed E-state index contributed by atoms with van der Waals surface area (Å²) in [6.07, 6.45) is 1.01. The molecule has 1 unspecified atom stereocenters. The molecular formula is C11H16BrNO2S. The van der Waals surface area contributed by atoms with E-state index in [9.17, 15) is 4.79 Å². The number of ether oxygens (including phenoxy) is 1. The highest BCUT2D eigenvalue weighted by atomic mass is 79.9. The molecule has 0 amide bonds. The number of methoxy groups -OCH3 is 1. The zero-order valence-electron chi connectivity index (χ0n) is 9.91. The van der Waals surface area contributed by atoms with Gasteiger partial charge in [0.25, 0.3) is 0 Å². The van der Waals surface area contributed by atoms with E-state index in [2.05, 4.69) is 34.8 Å². The van der Waals surface area contributed by atoms with Gasteiger partial charge in [-0.05, 0) is 19.3 Å². The van der Waals surface area contributed by atoms with E-state index in [1.54, 1.807) is 0 Å². The lowest BCUT2D eigenvalue weighted by Gasteiger charge is -2.08. The Balaban J connectivity index is 2.87. The van der Waals surface area contributed by atoms with E-state index in [1.807, 2.05) is 6.92 Å². The van der Waals surface area contributed by atoms with E-state index in [-0.39, 0.29) is 10.8 Å². The smallest absolute Gasteiger partial charge is 0.349 e. The van der Waals surface area contributed by atoms with Crippen molar-refractivity contribution >= 4 is 33.2 Å². The van der Waals surface area contributed by atoms with Crippen LogP contribution in [0.1, 0.15) is 45.5 Å². The summed E-state index contributed by atoms with van der Waals surface area (Å²) >= 11 is 5.01. The number of aromatic nitrogens is 1. The first kappa shape index (κ1) is 13.6. The van der Waals surface area contributed by atoms with Gasteiger partial charge < -0.3 is 4.74 Å². The molecule has 1 aromatic heterocycles. The number of rotatable bonds is 4. The third kappa shape index (κ3) is 3.28. The van der Waals surface area contributed by atoms with E-state index in [1.165, 1.54) is 18.4 Å². The van der Waals surface area contributed by atoms with E-state index in [0.29, 0.717) is 10.8 Å². The van der Waals surface area contributed by atoms with Crippen molar-refractivity contribution in [1.82, 2.24) is 4.98 Å². The largest absolute Gasteiger partial charge is 0.465 e. The third-order valence-corrected chi connectivity index (χ3v) is 4.49. The van der Waals surface area contributed by atoms with Gasteiger partial charge in [-0.3, -0.25) is 0 Å². The number of nitrogens with zero attached hydrogens (tertiary/aromatic N) is 1. The summed E-state index contributed by atoms with van der Waals surface area (Å²) in [5, 5.41) is 0.951. The van der Waals surface area contributed by atoms with Gasteiger partial charge in [0.1, 0.15) is 9.88 Å². The lowest BCUT2D eigenvalue weighted by Crippen LogP contribution is -1.99. The molecular weight excluding hydrogens is 290 g/mol. The number of aryl methyl sites for hydroxylation is 1. The molecule has 1 heterocycles. The fourth-order valence-electron chi connectivity index (χ4n) is 1.35. The second-order valence-corrected chi connectivity index (χ2v) is 6.19. The number of thiazole rings is 1. The van der Waals surface area contributed by atoms with Crippen LogP contribution in [0.2, 0.25) is 0 Å². The molecule has 0 spiro atoms. The van der Waals surface area contributed by atoms with Crippen LogP contribution in [0, 0.1) is 12.8 Å². The first-order chi connectivity index (χ1) is 7.45. The van der Waals surface area contributed by atoms with Crippen LogP contribution >= 0.6 is 27.3 Å². The second-order valence-electron chi connectivity index (χ2n) is 4.06. The SMILES string of the molecule is COC(=O)c1sc(C(Br)CC(C)C)nc1C. The molecule has 5 heteroatoms. The number of hydrogen-bond donors (Lipinski definition) is 0. The molecule has 1 atom stereocenters. The lowest BCUT2D eigenvalue weighted by molar-refractivity contribution is 0.0605. The minimum atomic E-state index is -0.300. The maximum absolute atomic E-state index is 11.4. The van der Waals surface area contributed by atoms with Crippen LogP contribution in [0.4, 0.5) is 0 Å². The van der Waals surface area contributed by atoms with Gasteiger partial charge in [-0.25, -0.2) is 9.78 Å². The molecule has 0 aliphatic heterocycles. The summed E-state index contributed by atoms with van der Waals surface area (Å²) in [7, 11) is 1.39. The first-order valence-electron chi connectivity index (χ1n) is 5.15. The van der Waals surface area contributed by atoms with Crippen LogP contribution in [0.25, 0.3) is 0 Å². The van der Waals surface area contributed by atoms with Gasteiger partial charge in [-0.15, -0.1) is 11.3 Å². The fourth-order valence-corrected chi connectivity index (χ4v) is 3.45. The molecule has 3 nitrogen and oxygen atoms in total. The van der Waals surface area contributed by atoms with Gasteiger partial charge in [0.2, 0.25) is 0 Å². The predicted octanol–water partition coefficient (Wildman–Crippen LogP) is 3.72. The molecule has 0 saturated heterocycles. The zero-order valence-corrected chi connectivity index (χ0v) is 12.3. The van der Waals surface area contributed by atoms with E-state index >= 15 is 0 Å². The molecule has 0 radical (unpaired) electrons. The summed E-state index contributed by atoms with van der Waals surface area (Å²) in [6, 6.07) is 0. The predicted molar refractivity (Wildman–Crippen MR) is 69.3 cm³/mol. The van der Waals surface area contributed by atoms with E-state index in [0.717, 1.165) is 17.1 Å². The van der Waals surface area contributed by atoms with Crippen molar-refractivity contribution in [3.8, 4) is 0 Å². The van der Waals surface area contributed by atoms with Gasteiger partial charge in [-0.2, -0.15) is 0 Å². The second kappa shape index (κ2) is 5.77. The molecule has 16 heavy (non-hydrogen) atoms. The maximum atomic E-state index is 11.4. The van der Waals surface area contributed by atoms with Crippen LogP contribution in [0.3, 0.4) is 0 Å². The molecule has 1 aromatic rings. The molecule has 0 saturated carbocycles. The Morgan fingerprint density at radius 1 is 1.56 bits per heavy atom. The number of halogens is 1. The molecule has 0 N–H and O–H groups in total. The van der Waals surface area contributed by atoms with Crippen LogP contribution < -0.4 is 0 Å². The van der Waals surface area contributed by atoms with E-state index < -0.39 is 0 Å². The standard InChI is InChI=1S/C11H16BrNO2S/c1-6(2)5-8(12)10-13-7(3)9(16-10)11(14)15-4/h6,8H,5H2,1-4H3. The molecule has 90 valence electrons. The Hall–Kier alpha value is -0.420. The molecule has 0 aromatic carbocycles. The Bertz CT molecular complexity index is 376. The van der Waals surface area contributed by atoms with Crippen LogP contribution in [-0.2, 0) is 4.74 Å². The molecule has 0 bridgehead atoms. The zero-order chi connectivity index (χ0) is 12.3. The minimum Gasteiger partial charge on any atom is -0.465 e. The first-order valence-corrected chi connectivity index (χ1v) is 6.88. The van der Waals surface area contributed by atoms with Crippen LogP contribution in [0.15, 0.2) is 0 Å². The van der Waals surface area contributed by atoms with Crippen LogP contribution in [0.5, 0.6) is 0 Å². The Labute approximate surface area is 108 Å². The average molecular weight is 306 g/mol. The number of carbonyl (C=O) groups excluding carboxylic acids is 1. The van der Waals surface area contributed by atoms with Crippen molar-refractivity contribution in [1.29, 1.82) is 0 Å². The number of esters is 1. The highest BCUT2D eigenvalue weighted by Gasteiger charge is 2.20. The van der Waals surface area contributed by atoms with Crippen molar-refractivity contribution in [2.45, 2.75) is 32.0 Å². The van der Waals surface area contributed by atoms with Gasteiger partial charge in [-0.1, -0.05) is 29.8 Å². The van der Waals surface area contributed by atoms with Gasteiger partial charge in [0, 0.05) is 0 Å². The third-order valence-electron chi connectivity index (χ3n) is 2.13. The summed E-state index contributed by atoms with van der Waals surface area (Å²) in [5.41, 5.74) is 0.750. The van der Waals surface area contributed by atoms with E-state index in [4.69, 9.17) is 4.74 Å². The minimum absolute atomic E-state index is 0.217. The van der Waals surface area contributed by atoms with Crippen molar-refractivity contribution in [3.63, 3.8) is 0 Å². The average Bonchev–Trinajstić information content (AvgIpc) is 2.58. The lowest BCUT2D eigenvalue weighted by atomic mass is 10.1. The molecule has 0 aliphatic carbocycles. The highest BCUT2D eigenvalue weighted by molar-refractivity contribution is 9.09. The number of carbonyl (C=O) groups is 1. The quantitative estimate of drug-likeness (QED) is 0.628. The monoisotopic (exact) mass is 305 g/mol. The topological polar surface area (TPSA) is 39.2 Å². The fraction of sp³-hybridized carbons (Fsp3) is 0.636. The van der Waals surface area contributed by atoms with Gasteiger partial charge in [0.05, 0.1) is 17.6 Å². The summed E-state index contributed by atoms with van der Waals surface area (Å²) in [4.78, 5) is 16.6. The van der Waals surface area contributed by atoms with Gasteiger partial charge >= 0.3 is 5.97 Å². The Morgan fingerprint density at radius 2 is 2.19 bits per heavy atom. The van der Waals surface area contributed by atoms with Crippen molar-refractivity contribution in [2.24, 2.45) is 5.92 Å². The molecule has 0 aliphatic rings. The normalized spacial score (nSPS) is 12.9. The van der Waals surface area contributed by atoms with Gasteiger partial charge in [0.15, 0.2) is 0 Å². The molecule has 0 fully saturated rings. The summed E-state index contributed by atoms with van der Waals surface area (Å²) in [6.45, 7) is 6.16. The number of hydrogen-bond acceptors (Lipinski definition) is 4. The highest BCUT2D eigenvalue weighted by Crippen LogP contribution is 2.34. The van der Waals surface area contributed by atoms with Crippen molar-refractivity contribution < 1.29 is 9.53 Å². The summed E-state index contributed by atoms with van der Waals surface area (Å²) in [5.74, 6) is 0.292. The Kier molecular flexibility index (Phi) is 4.92. The van der Waals surface area contributed by atoms with Crippen LogP contribution in [-0.4, -0.2) is 18.1 Å². The Morgan fingerprint density at radius 3 is 2.69 bits per heavy atom.